The Kier molecular flexibility index (Phi) is 6.22. The molecule has 0 heterocycles. The molecule has 0 aliphatic carbocycles. The standard InChI is InChI=1S/C14H22N2O2/c1-3-4-5-8-16-10-13(17)11-6-7-14(18-2)12(15)9-11/h6-7,9,16H,3-5,8,10,15H2,1-2H3. The summed E-state index contributed by atoms with van der Waals surface area (Å²) in [7, 11) is 1.56. The Hall–Kier alpha value is -1.55. The van der Waals surface area contributed by atoms with Crippen LogP contribution in [-0.2, 0) is 0 Å². The van der Waals surface area contributed by atoms with Gasteiger partial charge >= 0.3 is 0 Å². The summed E-state index contributed by atoms with van der Waals surface area (Å²) in [6.45, 7) is 3.39. The molecule has 0 spiro atoms. The number of ether oxygens (including phenoxy) is 1. The summed E-state index contributed by atoms with van der Waals surface area (Å²) in [5.74, 6) is 0.656. The van der Waals surface area contributed by atoms with E-state index >= 15 is 0 Å². The number of carbonyl (C=O) groups excluding carboxylic acids is 1. The second kappa shape index (κ2) is 7.71. The van der Waals surface area contributed by atoms with Crippen molar-refractivity contribution in [2.45, 2.75) is 26.2 Å². The Morgan fingerprint density at radius 1 is 1.39 bits per heavy atom. The molecule has 0 radical (unpaired) electrons. The van der Waals surface area contributed by atoms with Crippen LogP contribution in [0.2, 0.25) is 0 Å². The zero-order valence-corrected chi connectivity index (χ0v) is 11.2. The second-order valence-corrected chi connectivity index (χ2v) is 4.26. The lowest BCUT2D eigenvalue weighted by Gasteiger charge is -2.07. The normalized spacial score (nSPS) is 10.3. The number of ketones is 1. The zero-order valence-electron chi connectivity index (χ0n) is 11.2. The van der Waals surface area contributed by atoms with Crippen LogP contribution in [0.25, 0.3) is 0 Å². The van der Waals surface area contributed by atoms with Crippen LogP contribution in [0.1, 0.15) is 36.5 Å². The molecule has 0 saturated carbocycles. The molecule has 0 saturated heterocycles. The SMILES string of the molecule is CCCCCNCC(=O)c1ccc(OC)c(N)c1. The Bertz CT molecular complexity index is 391. The Morgan fingerprint density at radius 2 is 2.17 bits per heavy atom. The van der Waals surface area contributed by atoms with E-state index in [1.165, 1.54) is 12.8 Å². The maximum Gasteiger partial charge on any atom is 0.176 e. The van der Waals surface area contributed by atoms with E-state index in [0.717, 1.165) is 13.0 Å². The fourth-order valence-corrected chi connectivity index (χ4v) is 1.71. The van der Waals surface area contributed by atoms with Crippen molar-refractivity contribution in [1.29, 1.82) is 0 Å². The van der Waals surface area contributed by atoms with Gasteiger partial charge in [-0.1, -0.05) is 19.8 Å². The van der Waals surface area contributed by atoms with Crippen molar-refractivity contribution in [1.82, 2.24) is 5.32 Å². The first-order valence-electron chi connectivity index (χ1n) is 6.36. The van der Waals surface area contributed by atoms with Crippen LogP contribution in [0.15, 0.2) is 18.2 Å². The molecule has 4 heteroatoms. The molecule has 0 bridgehead atoms. The molecular weight excluding hydrogens is 228 g/mol. The predicted octanol–water partition coefficient (Wildman–Crippen LogP) is 2.24. The molecule has 100 valence electrons. The molecule has 0 atom stereocenters. The van der Waals surface area contributed by atoms with Crippen molar-refractivity contribution in [2.24, 2.45) is 0 Å². The van der Waals surface area contributed by atoms with Gasteiger partial charge in [-0.25, -0.2) is 0 Å². The fraction of sp³-hybridized carbons (Fsp3) is 0.500. The third kappa shape index (κ3) is 4.37. The van der Waals surface area contributed by atoms with Crippen LogP contribution in [0.3, 0.4) is 0 Å². The number of methoxy groups -OCH3 is 1. The van der Waals surface area contributed by atoms with E-state index in [1.54, 1.807) is 25.3 Å². The Labute approximate surface area is 109 Å². The van der Waals surface area contributed by atoms with Gasteiger partial charge in [0.1, 0.15) is 5.75 Å². The molecule has 1 rings (SSSR count). The van der Waals surface area contributed by atoms with Gasteiger partial charge in [0.25, 0.3) is 0 Å². The predicted molar refractivity (Wildman–Crippen MR) is 74.1 cm³/mol. The number of nitrogens with one attached hydrogen (secondary N) is 1. The van der Waals surface area contributed by atoms with Crippen molar-refractivity contribution < 1.29 is 9.53 Å². The molecule has 0 fully saturated rings. The number of hydrogen-bond acceptors (Lipinski definition) is 4. The van der Waals surface area contributed by atoms with Crippen molar-refractivity contribution in [2.75, 3.05) is 25.9 Å². The maximum absolute atomic E-state index is 11.9. The molecule has 1 aromatic carbocycles. The monoisotopic (exact) mass is 250 g/mol. The number of nitrogen functional groups attached to an aromatic ring is 1. The molecule has 3 N–H and O–H groups in total. The number of rotatable bonds is 8. The summed E-state index contributed by atoms with van der Waals surface area (Å²) >= 11 is 0. The number of hydrogen-bond donors (Lipinski definition) is 2. The van der Waals surface area contributed by atoms with Crippen molar-refractivity contribution in [3.05, 3.63) is 23.8 Å². The zero-order chi connectivity index (χ0) is 13.4. The summed E-state index contributed by atoms with van der Waals surface area (Å²) in [5, 5.41) is 3.14. The molecule has 0 aromatic heterocycles. The van der Waals surface area contributed by atoms with E-state index in [2.05, 4.69) is 12.2 Å². The van der Waals surface area contributed by atoms with Crippen LogP contribution in [0.4, 0.5) is 5.69 Å². The van der Waals surface area contributed by atoms with Gasteiger partial charge < -0.3 is 15.8 Å². The molecule has 4 nitrogen and oxygen atoms in total. The van der Waals surface area contributed by atoms with Crippen molar-refractivity contribution >= 4 is 11.5 Å². The van der Waals surface area contributed by atoms with Gasteiger partial charge in [-0.15, -0.1) is 0 Å². The molecule has 18 heavy (non-hydrogen) atoms. The van der Waals surface area contributed by atoms with E-state index in [0.29, 0.717) is 23.5 Å². The van der Waals surface area contributed by atoms with E-state index < -0.39 is 0 Å². The molecule has 1 aromatic rings. The second-order valence-electron chi connectivity index (χ2n) is 4.26. The number of unbranched alkanes of at least 4 members (excludes halogenated alkanes) is 2. The van der Waals surface area contributed by atoms with Gasteiger partial charge in [0.05, 0.1) is 19.3 Å². The van der Waals surface area contributed by atoms with Crippen LogP contribution in [0.5, 0.6) is 5.75 Å². The van der Waals surface area contributed by atoms with E-state index in [4.69, 9.17) is 10.5 Å². The average Bonchev–Trinajstić information content (AvgIpc) is 2.38. The smallest absolute Gasteiger partial charge is 0.176 e. The largest absolute Gasteiger partial charge is 0.495 e. The van der Waals surface area contributed by atoms with E-state index in [-0.39, 0.29) is 5.78 Å². The molecule has 0 aliphatic heterocycles. The van der Waals surface area contributed by atoms with Gasteiger partial charge in [-0.05, 0) is 31.2 Å². The fourth-order valence-electron chi connectivity index (χ4n) is 1.71. The highest BCUT2D eigenvalue weighted by Crippen LogP contribution is 2.21. The third-order valence-electron chi connectivity index (χ3n) is 2.79. The molecule has 0 unspecified atom stereocenters. The minimum absolute atomic E-state index is 0.0563. The van der Waals surface area contributed by atoms with E-state index in [9.17, 15) is 4.79 Å². The highest BCUT2D eigenvalue weighted by Gasteiger charge is 2.07. The number of anilines is 1. The highest BCUT2D eigenvalue weighted by molar-refractivity contribution is 5.98. The first-order chi connectivity index (χ1) is 8.69. The highest BCUT2D eigenvalue weighted by atomic mass is 16.5. The molecular formula is C14H22N2O2. The summed E-state index contributed by atoms with van der Waals surface area (Å²) in [4.78, 5) is 11.9. The number of Topliss-reactive ketones (excluding diaryl/α,β-unsaturated/α-hetero) is 1. The van der Waals surface area contributed by atoms with Crippen molar-refractivity contribution in [3.63, 3.8) is 0 Å². The molecule has 0 aliphatic rings. The number of benzene rings is 1. The van der Waals surface area contributed by atoms with Crippen molar-refractivity contribution in [3.8, 4) is 5.75 Å². The Balaban J connectivity index is 2.44. The van der Waals surface area contributed by atoms with Crippen LogP contribution >= 0.6 is 0 Å². The lowest BCUT2D eigenvalue weighted by atomic mass is 10.1. The lowest BCUT2D eigenvalue weighted by molar-refractivity contribution is 0.0991. The van der Waals surface area contributed by atoms with Gasteiger partial charge in [-0.3, -0.25) is 4.79 Å². The summed E-state index contributed by atoms with van der Waals surface area (Å²) in [6.07, 6.45) is 3.48. The first-order valence-corrected chi connectivity index (χ1v) is 6.36. The van der Waals surface area contributed by atoms with Crippen LogP contribution in [0, 0.1) is 0 Å². The summed E-state index contributed by atoms with van der Waals surface area (Å²) in [6, 6.07) is 5.12. The van der Waals surface area contributed by atoms with Gasteiger partial charge in [0.2, 0.25) is 0 Å². The van der Waals surface area contributed by atoms with Gasteiger partial charge in [0.15, 0.2) is 5.78 Å². The van der Waals surface area contributed by atoms with Crippen LogP contribution in [-0.4, -0.2) is 26.0 Å². The third-order valence-corrected chi connectivity index (χ3v) is 2.79. The number of carbonyl (C=O) groups is 1. The maximum atomic E-state index is 11.9. The summed E-state index contributed by atoms with van der Waals surface area (Å²) < 4.78 is 5.05. The minimum atomic E-state index is 0.0563. The van der Waals surface area contributed by atoms with Gasteiger partial charge in [-0.2, -0.15) is 0 Å². The average molecular weight is 250 g/mol. The lowest BCUT2D eigenvalue weighted by Crippen LogP contribution is -2.24. The Morgan fingerprint density at radius 3 is 2.78 bits per heavy atom. The first kappa shape index (κ1) is 14.5. The number of nitrogens with two attached hydrogens (primary N) is 1. The summed E-state index contributed by atoms with van der Waals surface area (Å²) in [5.41, 5.74) is 6.88. The van der Waals surface area contributed by atoms with Gasteiger partial charge in [0, 0.05) is 5.56 Å². The minimum Gasteiger partial charge on any atom is -0.495 e. The quantitative estimate of drug-likeness (QED) is 0.422. The van der Waals surface area contributed by atoms with E-state index in [1.807, 2.05) is 0 Å². The topological polar surface area (TPSA) is 64.3 Å². The van der Waals surface area contributed by atoms with Crippen LogP contribution < -0.4 is 15.8 Å². The molecule has 0 amide bonds.